The second-order valence-corrected chi connectivity index (χ2v) is 7.23. The Morgan fingerprint density at radius 3 is 2.45 bits per heavy atom. The fourth-order valence-corrected chi connectivity index (χ4v) is 4.54. The third-order valence-corrected chi connectivity index (χ3v) is 5.66. The molecule has 0 aliphatic heterocycles. The van der Waals surface area contributed by atoms with Crippen LogP contribution in [0.5, 0.6) is 0 Å². The Morgan fingerprint density at radius 1 is 1.18 bits per heavy atom. The molecular formula is C15H18N2O4S. The van der Waals surface area contributed by atoms with Gasteiger partial charge in [-0.15, -0.1) is 11.3 Å². The molecule has 0 radical (unpaired) electrons. The zero-order valence-corrected chi connectivity index (χ0v) is 13.0. The number of carbonyl (C=O) groups excluding carboxylic acids is 2. The molecule has 2 aliphatic carbocycles. The number of nitrogens with one attached hydrogen (secondary N) is 2. The van der Waals surface area contributed by atoms with Crippen molar-refractivity contribution in [2.75, 3.05) is 0 Å². The maximum atomic E-state index is 12.3. The topological polar surface area (TPSA) is 95.5 Å². The second-order valence-electron chi connectivity index (χ2n) is 6.11. The van der Waals surface area contributed by atoms with Crippen molar-refractivity contribution in [2.24, 2.45) is 23.7 Å². The average Bonchev–Trinajstić information content (AvgIpc) is 3.18. The van der Waals surface area contributed by atoms with E-state index in [1.54, 1.807) is 11.4 Å². The van der Waals surface area contributed by atoms with Crippen molar-refractivity contribution in [3.63, 3.8) is 0 Å². The summed E-state index contributed by atoms with van der Waals surface area (Å²) in [7, 11) is 0. The summed E-state index contributed by atoms with van der Waals surface area (Å²) < 4.78 is 0. The highest BCUT2D eigenvalue weighted by atomic mass is 32.1. The molecule has 0 unspecified atom stereocenters. The summed E-state index contributed by atoms with van der Waals surface area (Å²) in [6, 6.07) is 1.74. The number of carbonyl (C=O) groups is 3. The first-order chi connectivity index (χ1) is 10.5. The van der Waals surface area contributed by atoms with Crippen molar-refractivity contribution in [2.45, 2.75) is 26.2 Å². The fourth-order valence-electron chi connectivity index (χ4n) is 3.86. The molecule has 2 aliphatic rings. The molecule has 6 nitrogen and oxygen atoms in total. The lowest BCUT2D eigenvalue weighted by Gasteiger charge is -2.26. The largest absolute Gasteiger partial charge is 0.481 e. The molecule has 2 bridgehead atoms. The van der Waals surface area contributed by atoms with Crippen LogP contribution >= 0.6 is 11.3 Å². The Kier molecular flexibility index (Phi) is 3.90. The number of hydrogen-bond donors (Lipinski definition) is 3. The van der Waals surface area contributed by atoms with E-state index in [0.29, 0.717) is 5.56 Å². The second kappa shape index (κ2) is 5.72. The SMILES string of the molecule is Cc1cc(C(=O)NNC(=O)[C@H]2[C@H]3CC[C@@H](C3)[C@H]2C(=O)O)cs1. The fraction of sp³-hybridized carbons (Fsp3) is 0.533. The van der Waals surface area contributed by atoms with Gasteiger partial charge in [0.25, 0.3) is 5.91 Å². The predicted octanol–water partition coefficient (Wildman–Crippen LogP) is 1.56. The van der Waals surface area contributed by atoms with Crippen molar-refractivity contribution in [3.05, 3.63) is 21.9 Å². The van der Waals surface area contributed by atoms with E-state index in [1.165, 1.54) is 11.3 Å². The van der Waals surface area contributed by atoms with Crippen molar-refractivity contribution >= 4 is 29.1 Å². The Balaban J connectivity index is 1.62. The van der Waals surface area contributed by atoms with Gasteiger partial charge in [0, 0.05) is 10.3 Å². The lowest BCUT2D eigenvalue weighted by atomic mass is 9.79. The molecule has 2 amide bonds. The summed E-state index contributed by atoms with van der Waals surface area (Å²) in [5.74, 6) is -2.64. The van der Waals surface area contributed by atoms with Crippen LogP contribution in [0.15, 0.2) is 11.4 Å². The quantitative estimate of drug-likeness (QED) is 0.736. The van der Waals surface area contributed by atoms with Gasteiger partial charge in [-0.2, -0.15) is 0 Å². The van der Waals surface area contributed by atoms with Crippen LogP contribution in [0.4, 0.5) is 0 Å². The van der Waals surface area contributed by atoms with E-state index in [9.17, 15) is 19.5 Å². The van der Waals surface area contributed by atoms with Gasteiger partial charge in [0.2, 0.25) is 5.91 Å². The number of rotatable bonds is 3. The number of aliphatic carboxylic acids is 1. The maximum absolute atomic E-state index is 12.3. The van der Waals surface area contributed by atoms with Crippen LogP contribution in [0.3, 0.4) is 0 Å². The van der Waals surface area contributed by atoms with Gasteiger partial charge in [0.1, 0.15) is 0 Å². The first kappa shape index (κ1) is 15.0. The molecule has 2 saturated carbocycles. The molecule has 1 aromatic rings. The first-order valence-electron chi connectivity index (χ1n) is 7.35. The van der Waals surface area contributed by atoms with Gasteiger partial charge >= 0.3 is 5.97 Å². The molecule has 2 fully saturated rings. The van der Waals surface area contributed by atoms with Gasteiger partial charge in [0.05, 0.1) is 17.4 Å². The first-order valence-corrected chi connectivity index (χ1v) is 8.23. The lowest BCUT2D eigenvalue weighted by molar-refractivity contribution is -0.149. The van der Waals surface area contributed by atoms with Gasteiger partial charge in [-0.25, -0.2) is 0 Å². The summed E-state index contributed by atoms with van der Waals surface area (Å²) in [6.07, 6.45) is 2.57. The van der Waals surface area contributed by atoms with Crippen LogP contribution < -0.4 is 10.9 Å². The summed E-state index contributed by atoms with van der Waals surface area (Å²) in [4.78, 5) is 36.6. The number of carboxylic acids is 1. The van der Waals surface area contributed by atoms with Crippen molar-refractivity contribution < 1.29 is 19.5 Å². The smallest absolute Gasteiger partial charge is 0.307 e. The van der Waals surface area contributed by atoms with Gasteiger partial charge in [0.15, 0.2) is 0 Å². The third-order valence-electron chi connectivity index (χ3n) is 4.80. The number of hydrogen-bond acceptors (Lipinski definition) is 4. The summed E-state index contributed by atoms with van der Waals surface area (Å²) >= 11 is 1.46. The molecule has 3 rings (SSSR count). The Labute approximate surface area is 131 Å². The molecule has 1 aromatic heterocycles. The van der Waals surface area contributed by atoms with E-state index in [2.05, 4.69) is 10.9 Å². The molecule has 7 heteroatoms. The number of hydrazine groups is 1. The van der Waals surface area contributed by atoms with Crippen molar-refractivity contribution in [1.82, 2.24) is 10.9 Å². The van der Waals surface area contributed by atoms with Crippen LogP contribution in [-0.2, 0) is 9.59 Å². The van der Waals surface area contributed by atoms with Crippen LogP contribution in [0.1, 0.15) is 34.5 Å². The minimum atomic E-state index is -0.910. The van der Waals surface area contributed by atoms with Crippen LogP contribution in [0.25, 0.3) is 0 Å². The third kappa shape index (κ3) is 2.61. The number of fused-ring (bicyclic) bond motifs is 2. The van der Waals surface area contributed by atoms with E-state index in [4.69, 9.17) is 0 Å². The van der Waals surface area contributed by atoms with Crippen molar-refractivity contribution in [3.8, 4) is 0 Å². The minimum Gasteiger partial charge on any atom is -0.481 e. The van der Waals surface area contributed by atoms with E-state index in [0.717, 1.165) is 24.1 Å². The zero-order valence-electron chi connectivity index (χ0n) is 12.2. The summed E-state index contributed by atoms with van der Waals surface area (Å²) in [5, 5.41) is 11.1. The van der Waals surface area contributed by atoms with Gasteiger partial charge in [-0.05, 0) is 44.1 Å². The highest BCUT2D eigenvalue weighted by Crippen LogP contribution is 2.52. The van der Waals surface area contributed by atoms with Crippen LogP contribution in [0, 0.1) is 30.6 Å². The summed E-state index contributed by atoms with van der Waals surface area (Å²) in [6.45, 7) is 1.90. The minimum absolute atomic E-state index is 0.0912. The highest BCUT2D eigenvalue weighted by Gasteiger charge is 2.54. The van der Waals surface area contributed by atoms with Crippen molar-refractivity contribution in [1.29, 1.82) is 0 Å². The van der Waals surface area contributed by atoms with Gasteiger partial charge in [-0.1, -0.05) is 0 Å². The number of aryl methyl sites for hydroxylation is 1. The number of amides is 2. The molecule has 118 valence electrons. The molecule has 1 heterocycles. The molecule has 0 saturated heterocycles. The molecule has 0 aromatic carbocycles. The molecule has 4 atom stereocenters. The van der Waals surface area contributed by atoms with E-state index < -0.39 is 17.8 Å². The maximum Gasteiger partial charge on any atom is 0.307 e. The monoisotopic (exact) mass is 322 g/mol. The highest BCUT2D eigenvalue weighted by molar-refractivity contribution is 7.10. The zero-order chi connectivity index (χ0) is 15.9. The summed E-state index contributed by atoms with van der Waals surface area (Å²) in [5.41, 5.74) is 5.28. The Hall–Kier alpha value is -1.89. The van der Waals surface area contributed by atoms with Crippen LogP contribution in [-0.4, -0.2) is 22.9 Å². The average molecular weight is 322 g/mol. The van der Waals surface area contributed by atoms with Crippen LogP contribution in [0.2, 0.25) is 0 Å². The van der Waals surface area contributed by atoms with E-state index in [-0.39, 0.29) is 23.7 Å². The molecular weight excluding hydrogens is 304 g/mol. The predicted molar refractivity (Wildman–Crippen MR) is 80.1 cm³/mol. The normalized spacial score (nSPS) is 29.3. The molecule has 3 N–H and O–H groups in total. The van der Waals surface area contributed by atoms with E-state index >= 15 is 0 Å². The van der Waals surface area contributed by atoms with Gasteiger partial charge in [-0.3, -0.25) is 25.2 Å². The molecule has 0 spiro atoms. The van der Waals surface area contributed by atoms with E-state index in [1.807, 2.05) is 6.92 Å². The number of carboxylic acid groups (broad SMARTS) is 1. The lowest BCUT2D eigenvalue weighted by Crippen LogP contribution is -2.48. The molecule has 22 heavy (non-hydrogen) atoms. The standard InChI is InChI=1S/C15H18N2O4S/c1-7-4-10(6-22-7)13(18)16-17-14(19)11-8-2-3-9(5-8)12(11)15(20)21/h4,6,8-9,11-12H,2-3,5H2,1H3,(H,16,18)(H,17,19)(H,20,21)/t8-,9-,11-,12+/m0/s1. The Morgan fingerprint density at radius 2 is 1.86 bits per heavy atom. The Bertz CT molecular complexity index is 627. The number of thiophene rings is 1. The van der Waals surface area contributed by atoms with Gasteiger partial charge < -0.3 is 5.11 Å².